The first-order valence-electron chi connectivity index (χ1n) is 6.15. The molecule has 0 fully saturated rings. The Hall–Kier alpha value is -1.97. The van der Waals surface area contributed by atoms with Crippen LogP contribution in [0.4, 0.5) is 5.88 Å². The summed E-state index contributed by atoms with van der Waals surface area (Å²) in [7, 11) is 1.71. The number of methoxy groups -OCH3 is 1. The standard InChI is InChI=1S/C14H16N2O2/c1-17-13-5-3-2-4-10(13)9-6-7-12-11(8-9)14(15)18-16-12/h2-5,9H,6-8,15H2,1H3. The zero-order chi connectivity index (χ0) is 12.5. The minimum absolute atomic E-state index is 0.426. The zero-order valence-corrected chi connectivity index (χ0v) is 10.3. The highest BCUT2D eigenvalue weighted by molar-refractivity contribution is 5.45. The Morgan fingerprint density at radius 3 is 3.06 bits per heavy atom. The number of nitrogens with two attached hydrogens (primary N) is 1. The van der Waals surface area contributed by atoms with Gasteiger partial charge < -0.3 is 15.0 Å². The lowest BCUT2D eigenvalue weighted by Crippen LogP contribution is -2.13. The number of aryl methyl sites for hydroxylation is 1. The van der Waals surface area contributed by atoms with Gasteiger partial charge in [-0.1, -0.05) is 23.4 Å². The first-order valence-corrected chi connectivity index (χ1v) is 6.15. The van der Waals surface area contributed by atoms with Crippen LogP contribution in [-0.4, -0.2) is 12.3 Å². The summed E-state index contributed by atoms with van der Waals surface area (Å²) in [4.78, 5) is 0. The molecular formula is C14H16N2O2. The van der Waals surface area contributed by atoms with Gasteiger partial charge in [-0.15, -0.1) is 0 Å². The van der Waals surface area contributed by atoms with E-state index in [1.54, 1.807) is 7.11 Å². The number of anilines is 1. The highest BCUT2D eigenvalue weighted by Crippen LogP contribution is 2.38. The molecule has 0 aliphatic heterocycles. The fourth-order valence-corrected chi connectivity index (χ4v) is 2.70. The van der Waals surface area contributed by atoms with Crippen molar-refractivity contribution in [2.24, 2.45) is 0 Å². The van der Waals surface area contributed by atoms with E-state index in [9.17, 15) is 0 Å². The average molecular weight is 244 g/mol. The van der Waals surface area contributed by atoms with Crippen LogP contribution in [0.2, 0.25) is 0 Å². The van der Waals surface area contributed by atoms with Crippen molar-refractivity contribution in [2.75, 3.05) is 12.8 Å². The van der Waals surface area contributed by atoms with Crippen molar-refractivity contribution in [3.63, 3.8) is 0 Å². The molecule has 94 valence electrons. The summed E-state index contributed by atoms with van der Waals surface area (Å²) in [5, 5.41) is 4.00. The second kappa shape index (κ2) is 4.37. The van der Waals surface area contributed by atoms with Gasteiger partial charge in [-0.05, 0) is 36.8 Å². The second-order valence-corrected chi connectivity index (χ2v) is 4.65. The van der Waals surface area contributed by atoms with E-state index >= 15 is 0 Å². The van der Waals surface area contributed by atoms with E-state index < -0.39 is 0 Å². The minimum Gasteiger partial charge on any atom is -0.496 e. The van der Waals surface area contributed by atoms with Gasteiger partial charge in [-0.3, -0.25) is 0 Å². The molecule has 0 amide bonds. The maximum atomic E-state index is 5.81. The van der Waals surface area contributed by atoms with Crippen LogP contribution >= 0.6 is 0 Å². The fourth-order valence-electron chi connectivity index (χ4n) is 2.70. The van der Waals surface area contributed by atoms with Crippen molar-refractivity contribution >= 4 is 5.88 Å². The van der Waals surface area contributed by atoms with Crippen molar-refractivity contribution in [3.05, 3.63) is 41.1 Å². The summed E-state index contributed by atoms with van der Waals surface area (Å²) in [6.45, 7) is 0. The van der Waals surface area contributed by atoms with Gasteiger partial charge in [0.15, 0.2) is 0 Å². The van der Waals surface area contributed by atoms with Gasteiger partial charge in [0.1, 0.15) is 5.75 Å². The maximum absolute atomic E-state index is 5.81. The lowest BCUT2D eigenvalue weighted by molar-refractivity contribution is 0.401. The number of hydrogen-bond donors (Lipinski definition) is 1. The molecule has 1 aromatic heterocycles. The molecule has 1 heterocycles. The largest absolute Gasteiger partial charge is 0.496 e. The number of fused-ring (bicyclic) bond motifs is 1. The van der Waals surface area contributed by atoms with Gasteiger partial charge in [0, 0.05) is 5.56 Å². The molecule has 0 spiro atoms. The van der Waals surface area contributed by atoms with E-state index in [4.69, 9.17) is 15.0 Å². The average Bonchev–Trinajstić information content (AvgIpc) is 2.80. The lowest BCUT2D eigenvalue weighted by Gasteiger charge is -2.23. The number of benzene rings is 1. The summed E-state index contributed by atoms with van der Waals surface area (Å²) in [6.07, 6.45) is 2.85. The van der Waals surface area contributed by atoms with Crippen LogP contribution in [0.25, 0.3) is 0 Å². The van der Waals surface area contributed by atoms with Gasteiger partial charge >= 0.3 is 0 Å². The van der Waals surface area contributed by atoms with Crippen LogP contribution in [0.1, 0.15) is 29.2 Å². The summed E-state index contributed by atoms with van der Waals surface area (Å²) in [6, 6.07) is 8.16. The summed E-state index contributed by atoms with van der Waals surface area (Å²) >= 11 is 0. The van der Waals surface area contributed by atoms with Gasteiger partial charge in [0.25, 0.3) is 0 Å². The first kappa shape index (κ1) is 11.1. The Bertz CT molecular complexity index is 563. The Balaban J connectivity index is 1.94. The quantitative estimate of drug-likeness (QED) is 0.881. The highest BCUT2D eigenvalue weighted by Gasteiger charge is 2.27. The van der Waals surface area contributed by atoms with Crippen molar-refractivity contribution in [1.82, 2.24) is 5.16 Å². The second-order valence-electron chi connectivity index (χ2n) is 4.65. The lowest BCUT2D eigenvalue weighted by atomic mass is 9.82. The maximum Gasteiger partial charge on any atom is 0.225 e. The number of aromatic nitrogens is 1. The molecule has 4 nitrogen and oxygen atoms in total. The van der Waals surface area contributed by atoms with E-state index in [1.165, 1.54) is 5.56 Å². The molecule has 1 aromatic carbocycles. The van der Waals surface area contributed by atoms with Crippen LogP contribution in [0.15, 0.2) is 28.8 Å². The van der Waals surface area contributed by atoms with Crippen LogP contribution in [0.5, 0.6) is 5.75 Å². The number of ether oxygens (including phenoxy) is 1. The third-order valence-corrected chi connectivity index (χ3v) is 3.66. The summed E-state index contributed by atoms with van der Waals surface area (Å²) in [5.41, 5.74) is 9.13. The Kier molecular flexibility index (Phi) is 2.70. The third-order valence-electron chi connectivity index (χ3n) is 3.66. The molecule has 1 atom stereocenters. The SMILES string of the molecule is COc1ccccc1C1CCc2noc(N)c2C1. The highest BCUT2D eigenvalue weighted by atomic mass is 16.5. The number of nitrogen functional groups attached to an aromatic ring is 1. The van der Waals surface area contributed by atoms with E-state index in [2.05, 4.69) is 11.2 Å². The van der Waals surface area contributed by atoms with Crippen molar-refractivity contribution in [2.45, 2.75) is 25.2 Å². The van der Waals surface area contributed by atoms with Gasteiger partial charge in [-0.2, -0.15) is 0 Å². The minimum atomic E-state index is 0.426. The topological polar surface area (TPSA) is 61.3 Å². The van der Waals surface area contributed by atoms with Crippen molar-refractivity contribution in [1.29, 1.82) is 0 Å². The van der Waals surface area contributed by atoms with Crippen LogP contribution < -0.4 is 10.5 Å². The summed E-state index contributed by atoms with van der Waals surface area (Å²) < 4.78 is 10.5. The Morgan fingerprint density at radius 1 is 1.39 bits per heavy atom. The smallest absolute Gasteiger partial charge is 0.225 e. The Labute approximate surface area is 106 Å². The molecule has 4 heteroatoms. The molecule has 1 aliphatic carbocycles. The van der Waals surface area contributed by atoms with Gasteiger partial charge in [0.2, 0.25) is 5.88 Å². The number of para-hydroxylation sites is 1. The fraction of sp³-hybridized carbons (Fsp3) is 0.357. The van der Waals surface area contributed by atoms with E-state index in [1.807, 2.05) is 18.2 Å². The first-order chi connectivity index (χ1) is 8.79. The Morgan fingerprint density at radius 2 is 2.22 bits per heavy atom. The third kappa shape index (κ3) is 1.74. The molecular weight excluding hydrogens is 228 g/mol. The van der Waals surface area contributed by atoms with Gasteiger partial charge in [0.05, 0.1) is 12.8 Å². The molecule has 0 radical (unpaired) electrons. The zero-order valence-electron chi connectivity index (χ0n) is 10.3. The van der Waals surface area contributed by atoms with Crippen LogP contribution in [0, 0.1) is 0 Å². The number of nitrogens with zero attached hydrogens (tertiary/aromatic N) is 1. The number of rotatable bonds is 2. The molecule has 2 N–H and O–H groups in total. The van der Waals surface area contributed by atoms with Crippen LogP contribution in [0.3, 0.4) is 0 Å². The number of hydrogen-bond acceptors (Lipinski definition) is 4. The van der Waals surface area contributed by atoms with Crippen molar-refractivity contribution < 1.29 is 9.26 Å². The molecule has 1 aliphatic rings. The molecule has 0 saturated heterocycles. The summed E-state index contributed by atoms with van der Waals surface area (Å²) in [5.74, 6) is 1.83. The predicted octanol–water partition coefficient (Wildman–Crippen LogP) is 2.54. The van der Waals surface area contributed by atoms with Crippen LogP contribution in [-0.2, 0) is 12.8 Å². The van der Waals surface area contributed by atoms with E-state index in [0.29, 0.717) is 11.8 Å². The molecule has 0 bridgehead atoms. The molecule has 0 saturated carbocycles. The van der Waals surface area contributed by atoms with Gasteiger partial charge in [-0.25, -0.2) is 0 Å². The monoisotopic (exact) mass is 244 g/mol. The van der Waals surface area contributed by atoms with E-state index in [-0.39, 0.29) is 0 Å². The molecule has 3 rings (SSSR count). The molecule has 2 aromatic rings. The van der Waals surface area contributed by atoms with Crippen molar-refractivity contribution in [3.8, 4) is 5.75 Å². The predicted molar refractivity (Wildman–Crippen MR) is 68.7 cm³/mol. The normalized spacial score (nSPS) is 18.4. The molecule has 1 unspecified atom stereocenters. The van der Waals surface area contributed by atoms with E-state index in [0.717, 1.165) is 36.3 Å². The molecule has 18 heavy (non-hydrogen) atoms.